The lowest BCUT2D eigenvalue weighted by atomic mass is 10.1. The van der Waals surface area contributed by atoms with Crippen LogP contribution in [0.2, 0.25) is 0 Å². The highest BCUT2D eigenvalue weighted by molar-refractivity contribution is 5.83. The lowest BCUT2D eigenvalue weighted by molar-refractivity contribution is 0.0376. The summed E-state index contributed by atoms with van der Waals surface area (Å²) in [5.74, 6) is -0.736. The van der Waals surface area contributed by atoms with Gasteiger partial charge in [0.2, 0.25) is 0 Å². The fourth-order valence-corrected chi connectivity index (χ4v) is 2.62. The van der Waals surface area contributed by atoms with Crippen molar-refractivity contribution in [1.82, 2.24) is 4.90 Å². The van der Waals surface area contributed by atoms with Crippen LogP contribution in [0.4, 0.5) is 27.1 Å². The third-order valence-corrected chi connectivity index (χ3v) is 4.10. The zero-order chi connectivity index (χ0) is 19.7. The van der Waals surface area contributed by atoms with E-state index in [4.69, 9.17) is 0 Å². The normalized spacial score (nSPS) is 12.3. The number of phenolic OH excluding ortho intramolecular Hbond substituents is 1. The zero-order valence-electron chi connectivity index (χ0n) is 14.7. The first-order valence-corrected chi connectivity index (χ1v) is 8.09. The number of aliphatic hydroxyl groups excluding tert-OH is 1. The number of para-hydroxylation sites is 1. The van der Waals surface area contributed by atoms with Crippen LogP contribution < -0.4 is 21.5 Å². The van der Waals surface area contributed by atoms with Gasteiger partial charge >= 0.3 is 0 Å². The van der Waals surface area contributed by atoms with Crippen molar-refractivity contribution < 1.29 is 14.6 Å². The van der Waals surface area contributed by atoms with Crippen molar-refractivity contribution in [2.75, 3.05) is 24.7 Å². The molecule has 4 N–H and O–H groups in total. The van der Waals surface area contributed by atoms with E-state index in [2.05, 4.69) is 10.6 Å². The highest BCUT2D eigenvalue weighted by Gasteiger charge is 2.23. The van der Waals surface area contributed by atoms with Crippen LogP contribution in [0.1, 0.15) is 11.8 Å². The minimum atomic E-state index is -1.05. The third kappa shape index (κ3) is 3.53. The van der Waals surface area contributed by atoms with Crippen molar-refractivity contribution in [3.8, 4) is 5.75 Å². The first-order chi connectivity index (χ1) is 12.8. The molecule has 3 aromatic carbocycles. The topological polar surface area (TPSA) is 102 Å². The number of nitrogens with one attached hydrogen (secondary N) is 2. The largest absolute Gasteiger partial charge is 0.505 e. The van der Waals surface area contributed by atoms with E-state index in [9.17, 15) is 24.2 Å². The van der Waals surface area contributed by atoms with E-state index in [0.29, 0.717) is 5.69 Å². The van der Waals surface area contributed by atoms with Crippen LogP contribution in [-0.2, 0) is 0 Å². The molecular formula is C19H18FN3O4. The predicted molar refractivity (Wildman–Crippen MR) is 101 cm³/mol. The number of benzene rings is 2. The molecule has 0 bridgehead atoms. The summed E-state index contributed by atoms with van der Waals surface area (Å²) in [4.78, 5) is 25.3. The van der Waals surface area contributed by atoms with Gasteiger partial charge in [-0.05, 0) is 38.4 Å². The number of anilines is 4. The van der Waals surface area contributed by atoms with Crippen molar-refractivity contribution in [3.63, 3.8) is 0 Å². The van der Waals surface area contributed by atoms with Crippen molar-refractivity contribution >= 4 is 22.7 Å². The van der Waals surface area contributed by atoms with Crippen LogP contribution in [0.5, 0.6) is 5.75 Å². The molecule has 0 radical (unpaired) electrons. The van der Waals surface area contributed by atoms with E-state index in [1.807, 2.05) is 0 Å². The summed E-state index contributed by atoms with van der Waals surface area (Å²) in [5.41, 5.74) is -0.866. The molecule has 0 aromatic heterocycles. The summed E-state index contributed by atoms with van der Waals surface area (Å²) in [6, 6.07) is 10.1. The van der Waals surface area contributed by atoms with E-state index in [0.717, 1.165) is 0 Å². The average molecular weight is 371 g/mol. The van der Waals surface area contributed by atoms with E-state index < -0.39 is 22.9 Å². The molecule has 140 valence electrons. The number of hydrogen-bond acceptors (Lipinski definition) is 7. The van der Waals surface area contributed by atoms with Crippen LogP contribution in [0, 0.1) is 5.82 Å². The number of nitrogens with zero attached hydrogens (tertiary/aromatic N) is 1. The molecule has 8 heteroatoms. The molecule has 0 aliphatic rings. The van der Waals surface area contributed by atoms with Crippen LogP contribution in [-0.4, -0.2) is 29.2 Å². The van der Waals surface area contributed by atoms with E-state index >= 15 is 0 Å². The van der Waals surface area contributed by atoms with Crippen molar-refractivity contribution in [2.45, 2.75) is 6.23 Å². The molecule has 0 saturated carbocycles. The van der Waals surface area contributed by atoms with E-state index in [1.165, 1.54) is 29.2 Å². The first kappa shape index (κ1) is 18.6. The Balaban J connectivity index is 1.92. The molecule has 7 nitrogen and oxygen atoms in total. The molecule has 27 heavy (non-hydrogen) atoms. The first-order valence-electron chi connectivity index (χ1n) is 8.09. The van der Waals surface area contributed by atoms with Gasteiger partial charge in [0.25, 0.3) is 10.9 Å². The summed E-state index contributed by atoms with van der Waals surface area (Å²) in [6.45, 7) is 0. The Morgan fingerprint density at radius 2 is 1.63 bits per heavy atom. The summed E-state index contributed by atoms with van der Waals surface area (Å²) >= 11 is 0. The predicted octanol–water partition coefficient (Wildman–Crippen LogP) is 2.17. The molecule has 0 aliphatic heterocycles. The molecule has 1 unspecified atom stereocenters. The number of aromatic hydroxyl groups is 1. The van der Waals surface area contributed by atoms with Gasteiger partial charge in [-0.25, -0.2) is 4.39 Å². The Morgan fingerprint density at radius 3 is 2.26 bits per heavy atom. The maximum absolute atomic E-state index is 13.3. The highest BCUT2D eigenvalue weighted by atomic mass is 19.1. The lowest BCUT2D eigenvalue weighted by Gasteiger charge is -2.22. The Kier molecular flexibility index (Phi) is 4.93. The molecule has 0 heterocycles. The molecule has 0 fully saturated rings. The van der Waals surface area contributed by atoms with Gasteiger partial charge in [-0.15, -0.1) is 0 Å². The second-order valence-corrected chi connectivity index (χ2v) is 6.25. The van der Waals surface area contributed by atoms with Gasteiger partial charge in [-0.1, -0.05) is 18.2 Å². The molecule has 1 atom stereocenters. The van der Waals surface area contributed by atoms with Crippen molar-refractivity contribution in [3.05, 3.63) is 74.3 Å². The van der Waals surface area contributed by atoms with Gasteiger partial charge in [-0.2, -0.15) is 0 Å². The highest BCUT2D eigenvalue weighted by Crippen LogP contribution is 2.35. The van der Waals surface area contributed by atoms with Crippen LogP contribution in [0.25, 0.3) is 0 Å². The number of hydrogen-bond donors (Lipinski definition) is 4. The smallest absolute Gasteiger partial charge is 0.253 e. The van der Waals surface area contributed by atoms with Gasteiger partial charge in [0.05, 0.1) is 5.69 Å². The summed E-state index contributed by atoms with van der Waals surface area (Å²) in [5, 5.41) is 26.0. The number of aliphatic hydroxyl groups is 1. The van der Waals surface area contributed by atoms with Gasteiger partial charge in [0.15, 0.2) is 0 Å². The number of rotatable bonds is 6. The lowest BCUT2D eigenvalue weighted by Crippen LogP contribution is -2.35. The van der Waals surface area contributed by atoms with Crippen molar-refractivity contribution in [2.24, 2.45) is 0 Å². The summed E-state index contributed by atoms with van der Waals surface area (Å²) in [6.07, 6.45) is -1.05. The minimum absolute atomic E-state index is 0.0245. The second-order valence-electron chi connectivity index (χ2n) is 6.25. The van der Waals surface area contributed by atoms with Crippen molar-refractivity contribution in [1.29, 1.82) is 0 Å². The van der Waals surface area contributed by atoms with Gasteiger partial charge in [0, 0.05) is 11.3 Å². The molecule has 0 aliphatic carbocycles. The minimum Gasteiger partial charge on any atom is -0.505 e. The van der Waals surface area contributed by atoms with Crippen LogP contribution in [0.15, 0.2) is 52.1 Å². The molecule has 0 spiro atoms. The fourth-order valence-electron chi connectivity index (χ4n) is 2.62. The molecule has 3 rings (SSSR count). The quantitative estimate of drug-likeness (QED) is 0.299. The molecule has 0 amide bonds. The summed E-state index contributed by atoms with van der Waals surface area (Å²) < 4.78 is 13.3. The van der Waals surface area contributed by atoms with Gasteiger partial charge in [0.1, 0.15) is 29.2 Å². The molecule has 0 saturated heterocycles. The zero-order valence-corrected chi connectivity index (χ0v) is 14.7. The SMILES string of the molecule is CN(C)C(O)c1cccc(Nc2c(Nc3cccc(F)c3)c(=O)c2=O)c1O. The molecular weight excluding hydrogens is 353 g/mol. The Hall–Kier alpha value is -3.23. The average Bonchev–Trinajstić information content (AvgIpc) is 2.64. The monoisotopic (exact) mass is 371 g/mol. The standard InChI is InChI=1S/C19H18FN3O4/c1-23(2)19(27)12-7-4-8-13(16(12)24)22-15-14(17(25)18(15)26)21-11-6-3-5-10(20)9-11/h3-9,19,21-22,24,27H,1-2H3. The molecule has 3 aromatic rings. The third-order valence-electron chi connectivity index (χ3n) is 4.10. The maximum atomic E-state index is 13.3. The second kappa shape index (κ2) is 7.18. The van der Waals surface area contributed by atoms with E-state index in [1.54, 1.807) is 32.3 Å². The maximum Gasteiger partial charge on any atom is 0.253 e. The van der Waals surface area contributed by atoms with Crippen LogP contribution >= 0.6 is 0 Å². The summed E-state index contributed by atoms with van der Waals surface area (Å²) in [7, 11) is 3.28. The number of phenols is 1. The van der Waals surface area contributed by atoms with E-state index in [-0.39, 0.29) is 28.4 Å². The van der Waals surface area contributed by atoms with Crippen LogP contribution in [0.3, 0.4) is 0 Å². The number of halogens is 1. The Morgan fingerprint density at radius 1 is 1.00 bits per heavy atom. The fraction of sp³-hybridized carbons (Fsp3) is 0.158. The van der Waals surface area contributed by atoms with Gasteiger partial charge < -0.3 is 20.8 Å². The van der Waals surface area contributed by atoms with Gasteiger partial charge in [-0.3, -0.25) is 14.5 Å². The Labute approximate surface area is 154 Å². The Bertz CT molecular complexity index is 1060.